The van der Waals surface area contributed by atoms with Crippen molar-refractivity contribution in [3.63, 3.8) is 0 Å². The van der Waals surface area contributed by atoms with E-state index in [4.69, 9.17) is 5.26 Å². The Morgan fingerprint density at radius 3 is 2.47 bits per heavy atom. The standard InChI is InChI=1S/C13H11N3O2S/c1-10-6-7-15-13(8-10)16-19(17,18)12-4-2-11(9-14)3-5-12/h2-8H,1H3,(H,15,16). The van der Waals surface area contributed by atoms with Gasteiger partial charge in [-0.3, -0.25) is 4.72 Å². The molecule has 0 atom stereocenters. The normalized spacial score (nSPS) is 10.7. The van der Waals surface area contributed by atoms with Crippen LogP contribution in [0.2, 0.25) is 0 Å². The molecule has 2 aromatic rings. The Balaban J connectivity index is 2.30. The lowest BCUT2D eigenvalue weighted by Crippen LogP contribution is -2.13. The molecule has 0 aliphatic carbocycles. The highest BCUT2D eigenvalue weighted by Crippen LogP contribution is 2.15. The predicted octanol–water partition coefficient (Wildman–Crippen LogP) is 2.06. The smallest absolute Gasteiger partial charge is 0.263 e. The van der Waals surface area contributed by atoms with Crippen LogP contribution in [-0.4, -0.2) is 13.4 Å². The van der Waals surface area contributed by atoms with E-state index in [1.165, 1.54) is 30.5 Å². The molecule has 5 nitrogen and oxygen atoms in total. The number of anilines is 1. The van der Waals surface area contributed by atoms with Crippen molar-refractivity contribution < 1.29 is 8.42 Å². The number of aryl methyl sites for hydroxylation is 1. The molecule has 96 valence electrons. The van der Waals surface area contributed by atoms with Crippen molar-refractivity contribution in [2.45, 2.75) is 11.8 Å². The zero-order valence-electron chi connectivity index (χ0n) is 10.2. The van der Waals surface area contributed by atoms with E-state index in [1.807, 2.05) is 13.0 Å². The third kappa shape index (κ3) is 3.09. The molecule has 1 aromatic carbocycles. The topological polar surface area (TPSA) is 82.8 Å². The van der Waals surface area contributed by atoms with E-state index < -0.39 is 10.0 Å². The molecule has 0 saturated heterocycles. The van der Waals surface area contributed by atoms with Crippen molar-refractivity contribution in [2.75, 3.05) is 4.72 Å². The summed E-state index contributed by atoms with van der Waals surface area (Å²) in [6.07, 6.45) is 1.53. The molecule has 6 heteroatoms. The summed E-state index contributed by atoms with van der Waals surface area (Å²) in [7, 11) is -3.68. The van der Waals surface area contributed by atoms with E-state index in [1.54, 1.807) is 12.1 Å². The maximum Gasteiger partial charge on any atom is 0.263 e. The fraction of sp³-hybridized carbons (Fsp3) is 0.0769. The SMILES string of the molecule is Cc1ccnc(NS(=O)(=O)c2ccc(C#N)cc2)c1. The fourth-order valence-corrected chi connectivity index (χ4v) is 2.50. The summed E-state index contributed by atoms with van der Waals surface area (Å²) in [5.41, 5.74) is 1.32. The van der Waals surface area contributed by atoms with Crippen LogP contribution in [0.5, 0.6) is 0 Å². The first-order valence-electron chi connectivity index (χ1n) is 5.47. The van der Waals surface area contributed by atoms with E-state index in [0.717, 1.165) is 5.56 Å². The van der Waals surface area contributed by atoms with Gasteiger partial charge >= 0.3 is 0 Å². The molecular formula is C13H11N3O2S. The van der Waals surface area contributed by atoms with Crippen molar-refractivity contribution in [2.24, 2.45) is 0 Å². The van der Waals surface area contributed by atoms with Crippen molar-refractivity contribution in [3.05, 3.63) is 53.7 Å². The van der Waals surface area contributed by atoms with Gasteiger partial charge in [-0.2, -0.15) is 5.26 Å². The van der Waals surface area contributed by atoms with Crippen LogP contribution in [0.4, 0.5) is 5.82 Å². The molecule has 0 amide bonds. The Kier molecular flexibility index (Phi) is 3.49. The lowest BCUT2D eigenvalue weighted by Gasteiger charge is -2.07. The number of aromatic nitrogens is 1. The van der Waals surface area contributed by atoms with Crippen LogP contribution in [0.25, 0.3) is 0 Å². The van der Waals surface area contributed by atoms with Gasteiger partial charge < -0.3 is 0 Å². The number of hydrogen-bond acceptors (Lipinski definition) is 4. The van der Waals surface area contributed by atoms with Gasteiger partial charge in [-0.25, -0.2) is 13.4 Å². The van der Waals surface area contributed by atoms with Gasteiger partial charge in [-0.1, -0.05) is 0 Å². The molecule has 0 saturated carbocycles. The molecule has 1 heterocycles. The molecule has 0 bridgehead atoms. The molecule has 0 spiro atoms. The van der Waals surface area contributed by atoms with Crippen molar-refractivity contribution in [1.29, 1.82) is 5.26 Å². The van der Waals surface area contributed by atoms with Crippen LogP contribution < -0.4 is 4.72 Å². The molecule has 0 unspecified atom stereocenters. The van der Waals surface area contributed by atoms with Crippen LogP contribution in [0.15, 0.2) is 47.5 Å². The third-order valence-electron chi connectivity index (χ3n) is 2.45. The third-order valence-corrected chi connectivity index (χ3v) is 3.82. The molecule has 0 aliphatic heterocycles. The highest BCUT2D eigenvalue weighted by molar-refractivity contribution is 7.92. The van der Waals surface area contributed by atoms with Gasteiger partial charge in [0, 0.05) is 6.20 Å². The lowest BCUT2D eigenvalue weighted by molar-refractivity contribution is 0.601. The molecule has 1 aromatic heterocycles. The average Bonchev–Trinajstić information content (AvgIpc) is 2.38. The lowest BCUT2D eigenvalue weighted by atomic mass is 10.2. The summed E-state index contributed by atoms with van der Waals surface area (Å²) >= 11 is 0. The second kappa shape index (κ2) is 5.08. The van der Waals surface area contributed by atoms with Gasteiger partial charge in [0.05, 0.1) is 16.5 Å². The Morgan fingerprint density at radius 2 is 1.89 bits per heavy atom. The van der Waals surface area contributed by atoms with Crippen LogP contribution >= 0.6 is 0 Å². The molecular weight excluding hydrogens is 262 g/mol. The zero-order valence-corrected chi connectivity index (χ0v) is 11.0. The summed E-state index contributed by atoms with van der Waals surface area (Å²) < 4.78 is 26.5. The zero-order chi connectivity index (χ0) is 13.9. The predicted molar refractivity (Wildman–Crippen MR) is 70.9 cm³/mol. The number of nitrogens with zero attached hydrogens (tertiary/aromatic N) is 2. The average molecular weight is 273 g/mol. The van der Waals surface area contributed by atoms with E-state index >= 15 is 0 Å². The second-order valence-corrected chi connectivity index (χ2v) is 5.64. The number of benzene rings is 1. The minimum absolute atomic E-state index is 0.0924. The van der Waals surface area contributed by atoms with E-state index in [9.17, 15) is 8.42 Å². The number of hydrogen-bond donors (Lipinski definition) is 1. The molecule has 0 aliphatic rings. The largest absolute Gasteiger partial charge is 0.263 e. The first-order chi connectivity index (χ1) is 9.01. The Labute approximate surface area is 111 Å². The van der Waals surface area contributed by atoms with E-state index in [2.05, 4.69) is 9.71 Å². The van der Waals surface area contributed by atoms with Crippen LogP contribution in [0.3, 0.4) is 0 Å². The highest BCUT2D eigenvalue weighted by atomic mass is 32.2. The number of pyridine rings is 1. The summed E-state index contributed by atoms with van der Waals surface area (Å²) in [5, 5.41) is 8.67. The number of nitriles is 1. The minimum Gasteiger partial charge on any atom is -0.263 e. The summed E-state index contributed by atoms with van der Waals surface area (Å²) in [4.78, 5) is 4.03. The number of rotatable bonds is 3. The van der Waals surface area contributed by atoms with Crippen molar-refractivity contribution in [3.8, 4) is 6.07 Å². The van der Waals surface area contributed by atoms with Gasteiger partial charge in [-0.15, -0.1) is 0 Å². The van der Waals surface area contributed by atoms with Crippen LogP contribution in [-0.2, 0) is 10.0 Å². The molecule has 2 rings (SSSR count). The van der Waals surface area contributed by atoms with Gasteiger partial charge in [0.25, 0.3) is 10.0 Å². The van der Waals surface area contributed by atoms with Crippen molar-refractivity contribution in [1.82, 2.24) is 4.98 Å². The molecule has 19 heavy (non-hydrogen) atoms. The maximum absolute atomic E-state index is 12.1. The monoisotopic (exact) mass is 273 g/mol. The second-order valence-electron chi connectivity index (χ2n) is 3.96. The summed E-state index contributed by atoms with van der Waals surface area (Å²) in [6.45, 7) is 1.85. The summed E-state index contributed by atoms with van der Waals surface area (Å²) in [6, 6.07) is 11.0. The molecule has 1 N–H and O–H groups in total. The number of sulfonamides is 1. The molecule has 0 radical (unpaired) electrons. The van der Waals surface area contributed by atoms with E-state index in [0.29, 0.717) is 5.56 Å². The quantitative estimate of drug-likeness (QED) is 0.927. The van der Waals surface area contributed by atoms with Crippen LogP contribution in [0.1, 0.15) is 11.1 Å². The Hall–Kier alpha value is -2.39. The van der Waals surface area contributed by atoms with Gasteiger partial charge in [0.2, 0.25) is 0 Å². The molecule has 0 fully saturated rings. The minimum atomic E-state index is -3.68. The fourth-order valence-electron chi connectivity index (χ4n) is 1.50. The van der Waals surface area contributed by atoms with Crippen LogP contribution in [0, 0.1) is 18.3 Å². The van der Waals surface area contributed by atoms with E-state index in [-0.39, 0.29) is 10.7 Å². The number of nitrogens with one attached hydrogen (secondary N) is 1. The first-order valence-corrected chi connectivity index (χ1v) is 6.95. The Morgan fingerprint density at radius 1 is 1.21 bits per heavy atom. The van der Waals surface area contributed by atoms with Gasteiger partial charge in [0.15, 0.2) is 0 Å². The summed E-state index contributed by atoms with van der Waals surface area (Å²) in [5.74, 6) is 0.268. The first kappa shape index (κ1) is 13.1. The van der Waals surface area contributed by atoms with Gasteiger partial charge in [-0.05, 0) is 48.9 Å². The van der Waals surface area contributed by atoms with Crippen molar-refractivity contribution >= 4 is 15.8 Å². The maximum atomic E-state index is 12.1. The van der Waals surface area contributed by atoms with Gasteiger partial charge in [0.1, 0.15) is 5.82 Å². The highest BCUT2D eigenvalue weighted by Gasteiger charge is 2.14. The Bertz CT molecular complexity index is 731.